The lowest BCUT2D eigenvalue weighted by Gasteiger charge is -2.15. The van der Waals surface area contributed by atoms with E-state index in [-0.39, 0.29) is 18.2 Å². The third-order valence-corrected chi connectivity index (χ3v) is 2.61. The first kappa shape index (κ1) is 14.0. The number of nitrogens with two attached hydrogens (primary N) is 2. The van der Waals surface area contributed by atoms with Crippen molar-refractivity contribution in [2.75, 3.05) is 0 Å². The summed E-state index contributed by atoms with van der Waals surface area (Å²) in [6.07, 6.45) is 2.07. The van der Waals surface area contributed by atoms with E-state index in [0.29, 0.717) is 0 Å². The Balaban J connectivity index is 2.54. The summed E-state index contributed by atoms with van der Waals surface area (Å²) in [6, 6.07) is 8.29. The molecule has 0 fully saturated rings. The van der Waals surface area contributed by atoms with Crippen LogP contribution in [0.4, 0.5) is 0 Å². The minimum Gasteiger partial charge on any atom is -0.491 e. The predicted molar refractivity (Wildman–Crippen MR) is 72.0 cm³/mol. The van der Waals surface area contributed by atoms with Gasteiger partial charge in [-0.2, -0.15) is 0 Å². The first-order chi connectivity index (χ1) is 7.99. The molecule has 17 heavy (non-hydrogen) atoms. The lowest BCUT2D eigenvalue weighted by atomic mass is 10.0. The molecule has 4 N–H and O–H groups in total. The topological polar surface area (TPSA) is 61.3 Å². The van der Waals surface area contributed by atoms with Gasteiger partial charge >= 0.3 is 0 Å². The molecular weight excluding hydrogens is 212 g/mol. The van der Waals surface area contributed by atoms with Crippen molar-refractivity contribution in [3.63, 3.8) is 0 Å². The molecule has 0 aliphatic rings. The second kappa shape index (κ2) is 6.62. The highest BCUT2D eigenvalue weighted by Crippen LogP contribution is 2.20. The van der Waals surface area contributed by atoms with Gasteiger partial charge in [0, 0.05) is 12.1 Å². The van der Waals surface area contributed by atoms with Crippen LogP contribution in [0.2, 0.25) is 0 Å². The highest BCUT2D eigenvalue weighted by molar-refractivity contribution is 5.29. The molecule has 0 heterocycles. The predicted octanol–water partition coefficient (Wildman–Crippen LogP) is 2.60. The van der Waals surface area contributed by atoms with Gasteiger partial charge in [0.05, 0.1) is 6.10 Å². The average Bonchev–Trinajstić information content (AvgIpc) is 2.26. The maximum absolute atomic E-state index is 6.10. The van der Waals surface area contributed by atoms with E-state index in [1.54, 1.807) is 0 Å². The molecule has 2 atom stereocenters. The fourth-order valence-electron chi connectivity index (χ4n) is 1.67. The number of rotatable bonds is 6. The monoisotopic (exact) mass is 236 g/mol. The SMILES string of the molecule is CC(N)CCC(N)c1ccc(OC(C)C)cc1. The van der Waals surface area contributed by atoms with Gasteiger partial charge in [-0.05, 0) is 51.3 Å². The molecule has 0 amide bonds. The summed E-state index contributed by atoms with van der Waals surface area (Å²) in [5.41, 5.74) is 13.0. The maximum Gasteiger partial charge on any atom is 0.119 e. The summed E-state index contributed by atoms with van der Waals surface area (Å²) in [4.78, 5) is 0. The quantitative estimate of drug-likeness (QED) is 0.798. The smallest absolute Gasteiger partial charge is 0.119 e. The second-order valence-corrected chi connectivity index (χ2v) is 4.90. The number of hydrogen-bond acceptors (Lipinski definition) is 3. The van der Waals surface area contributed by atoms with Gasteiger partial charge in [-0.3, -0.25) is 0 Å². The first-order valence-corrected chi connectivity index (χ1v) is 6.27. The molecule has 1 aromatic carbocycles. The minimum absolute atomic E-state index is 0.0640. The van der Waals surface area contributed by atoms with E-state index >= 15 is 0 Å². The van der Waals surface area contributed by atoms with Crippen LogP contribution < -0.4 is 16.2 Å². The van der Waals surface area contributed by atoms with Crippen LogP contribution in [0.1, 0.15) is 45.2 Å². The molecular formula is C14H24N2O. The Labute approximate surface area is 104 Å². The average molecular weight is 236 g/mol. The zero-order valence-corrected chi connectivity index (χ0v) is 11.0. The summed E-state index contributed by atoms with van der Waals surface area (Å²) in [5, 5.41) is 0. The van der Waals surface area contributed by atoms with Gasteiger partial charge in [0.2, 0.25) is 0 Å². The van der Waals surface area contributed by atoms with Crippen LogP contribution in [-0.4, -0.2) is 12.1 Å². The molecule has 0 saturated heterocycles. The van der Waals surface area contributed by atoms with E-state index in [9.17, 15) is 0 Å². The molecule has 3 nitrogen and oxygen atoms in total. The Hall–Kier alpha value is -1.06. The van der Waals surface area contributed by atoms with E-state index in [0.717, 1.165) is 24.2 Å². The van der Waals surface area contributed by atoms with Crippen molar-refractivity contribution in [3.8, 4) is 5.75 Å². The molecule has 0 aliphatic heterocycles. The summed E-state index contributed by atoms with van der Waals surface area (Å²) in [5.74, 6) is 0.892. The summed E-state index contributed by atoms with van der Waals surface area (Å²) >= 11 is 0. The van der Waals surface area contributed by atoms with Crippen molar-refractivity contribution in [2.24, 2.45) is 11.5 Å². The molecule has 0 aliphatic carbocycles. The van der Waals surface area contributed by atoms with Gasteiger partial charge in [-0.15, -0.1) is 0 Å². The molecule has 0 bridgehead atoms. The van der Waals surface area contributed by atoms with E-state index < -0.39 is 0 Å². The lowest BCUT2D eigenvalue weighted by Crippen LogP contribution is -2.18. The highest BCUT2D eigenvalue weighted by atomic mass is 16.5. The Morgan fingerprint density at radius 3 is 2.06 bits per heavy atom. The van der Waals surface area contributed by atoms with Crippen molar-refractivity contribution >= 4 is 0 Å². The third-order valence-electron chi connectivity index (χ3n) is 2.61. The summed E-state index contributed by atoms with van der Waals surface area (Å²) in [6.45, 7) is 6.04. The van der Waals surface area contributed by atoms with Crippen molar-refractivity contribution in [2.45, 2.75) is 51.8 Å². The van der Waals surface area contributed by atoms with E-state index in [2.05, 4.69) is 0 Å². The molecule has 1 aromatic rings. The van der Waals surface area contributed by atoms with Gasteiger partial charge < -0.3 is 16.2 Å². The van der Waals surface area contributed by atoms with Gasteiger partial charge in [-0.25, -0.2) is 0 Å². The number of benzene rings is 1. The molecule has 2 unspecified atom stereocenters. The fraction of sp³-hybridized carbons (Fsp3) is 0.571. The molecule has 96 valence electrons. The van der Waals surface area contributed by atoms with Crippen LogP contribution in [0.15, 0.2) is 24.3 Å². The largest absolute Gasteiger partial charge is 0.491 e. The Morgan fingerprint density at radius 1 is 1.00 bits per heavy atom. The van der Waals surface area contributed by atoms with Crippen LogP contribution in [0.5, 0.6) is 5.75 Å². The number of ether oxygens (including phenoxy) is 1. The zero-order chi connectivity index (χ0) is 12.8. The standard InChI is InChI=1S/C14H24N2O/c1-10(2)17-13-7-5-12(6-8-13)14(16)9-4-11(3)15/h5-8,10-11,14H,4,9,15-16H2,1-3H3. The zero-order valence-electron chi connectivity index (χ0n) is 11.0. The fourth-order valence-corrected chi connectivity index (χ4v) is 1.67. The van der Waals surface area contributed by atoms with Gasteiger partial charge in [-0.1, -0.05) is 12.1 Å². The maximum atomic E-state index is 6.10. The third kappa shape index (κ3) is 5.20. The summed E-state index contributed by atoms with van der Waals surface area (Å²) < 4.78 is 5.59. The molecule has 3 heteroatoms. The van der Waals surface area contributed by atoms with Gasteiger partial charge in [0.25, 0.3) is 0 Å². The van der Waals surface area contributed by atoms with Gasteiger partial charge in [0.15, 0.2) is 0 Å². The van der Waals surface area contributed by atoms with E-state index in [4.69, 9.17) is 16.2 Å². The van der Waals surface area contributed by atoms with Crippen LogP contribution in [0, 0.1) is 0 Å². The normalized spacial score (nSPS) is 14.7. The van der Waals surface area contributed by atoms with Crippen molar-refractivity contribution in [1.82, 2.24) is 0 Å². The number of hydrogen-bond donors (Lipinski definition) is 2. The minimum atomic E-state index is 0.0640. The summed E-state index contributed by atoms with van der Waals surface area (Å²) in [7, 11) is 0. The Morgan fingerprint density at radius 2 is 1.59 bits per heavy atom. The van der Waals surface area contributed by atoms with Crippen molar-refractivity contribution < 1.29 is 4.74 Å². The van der Waals surface area contributed by atoms with Crippen LogP contribution in [0.25, 0.3) is 0 Å². The Kier molecular flexibility index (Phi) is 5.45. The van der Waals surface area contributed by atoms with E-state index in [1.165, 1.54) is 0 Å². The molecule has 0 saturated carbocycles. The van der Waals surface area contributed by atoms with E-state index in [1.807, 2.05) is 45.0 Å². The van der Waals surface area contributed by atoms with Crippen LogP contribution in [0.3, 0.4) is 0 Å². The highest BCUT2D eigenvalue weighted by Gasteiger charge is 2.07. The first-order valence-electron chi connectivity index (χ1n) is 6.27. The van der Waals surface area contributed by atoms with Gasteiger partial charge in [0.1, 0.15) is 5.75 Å². The van der Waals surface area contributed by atoms with Crippen LogP contribution >= 0.6 is 0 Å². The molecule has 0 aromatic heterocycles. The van der Waals surface area contributed by atoms with Crippen LogP contribution in [-0.2, 0) is 0 Å². The van der Waals surface area contributed by atoms with Crippen molar-refractivity contribution in [3.05, 3.63) is 29.8 Å². The molecule has 0 radical (unpaired) electrons. The second-order valence-electron chi connectivity index (χ2n) is 4.90. The molecule has 0 spiro atoms. The lowest BCUT2D eigenvalue weighted by molar-refractivity contribution is 0.242. The molecule has 1 rings (SSSR count). The Bertz CT molecular complexity index is 319. The van der Waals surface area contributed by atoms with Crippen molar-refractivity contribution in [1.29, 1.82) is 0 Å².